The highest BCUT2D eigenvalue weighted by molar-refractivity contribution is 5.72. The zero-order valence-electron chi connectivity index (χ0n) is 13.6. The summed E-state index contributed by atoms with van der Waals surface area (Å²) in [6, 6.07) is 12.0. The third-order valence-electron chi connectivity index (χ3n) is 3.59. The van der Waals surface area contributed by atoms with Crippen molar-refractivity contribution in [2.45, 2.75) is 46.1 Å². The first-order valence-electron chi connectivity index (χ1n) is 7.81. The molecule has 0 aliphatic carbocycles. The molecule has 1 heterocycles. The van der Waals surface area contributed by atoms with Gasteiger partial charge in [0.2, 0.25) is 0 Å². The molecule has 0 N–H and O–H groups in total. The largest absolute Gasteiger partial charge is 0.426 e. The maximum absolute atomic E-state index is 12.1. The number of rotatable bonds is 6. The van der Waals surface area contributed by atoms with Crippen LogP contribution in [0.2, 0.25) is 0 Å². The minimum absolute atomic E-state index is 0.163. The van der Waals surface area contributed by atoms with E-state index in [1.165, 1.54) is 0 Å². The molecule has 3 heteroatoms. The Morgan fingerprint density at radius 2 is 1.91 bits per heavy atom. The summed E-state index contributed by atoms with van der Waals surface area (Å²) in [5, 5.41) is 0. The van der Waals surface area contributed by atoms with Crippen molar-refractivity contribution in [3.8, 4) is 5.75 Å². The van der Waals surface area contributed by atoms with Crippen molar-refractivity contribution in [2.24, 2.45) is 0 Å². The smallest absolute Gasteiger partial charge is 0.311 e. The van der Waals surface area contributed by atoms with E-state index in [-0.39, 0.29) is 5.97 Å². The molecule has 0 saturated carbocycles. The maximum Gasteiger partial charge on any atom is 0.311 e. The van der Waals surface area contributed by atoms with Crippen LogP contribution in [0.15, 0.2) is 48.8 Å². The van der Waals surface area contributed by atoms with Crippen LogP contribution in [0, 0.1) is 6.92 Å². The number of carbonyl (C=O) groups is 1. The first-order valence-corrected chi connectivity index (χ1v) is 7.81. The summed E-state index contributed by atoms with van der Waals surface area (Å²) < 4.78 is 7.65. The van der Waals surface area contributed by atoms with E-state index in [9.17, 15) is 4.79 Å². The molecule has 2 aromatic rings. The molecule has 0 aliphatic heterocycles. The Morgan fingerprint density at radius 1 is 1.18 bits per heavy atom. The Balaban J connectivity index is 1.90. The highest BCUT2D eigenvalue weighted by Gasteiger charge is 2.12. The number of hydrogen-bond acceptors (Lipinski definition) is 2. The molecule has 2 rings (SSSR count). The van der Waals surface area contributed by atoms with E-state index in [0.717, 1.165) is 24.1 Å². The molecule has 116 valence electrons. The van der Waals surface area contributed by atoms with Crippen LogP contribution in [0.25, 0.3) is 0 Å². The summed E-state index contributed by atoms with van der Waals surface area (Å²) >= 11 is 0. The summed E-state index contributed by atoms with van der Waals surface area (Å²) in [6.07, 6.45) is 5.20. The van der Waals surface area contributed by atoms with Crippen molar-refractivity contribution in [2.75, 3.05) is 0 Å². The van der Waals surface area contributed by atoms with Gasteiger partial charge in [0.1, 0.15) is 12.3 Å². The summed E-state index contributed by atoms with van der Waals surface area (Å²) in [4.78, 5) is 12.1. The molecular weight excluding hydrogens is 274 g/mol. The van der Waals surface area contributed by atoms with E-state index >= 15 is 0 Å². The predicted molar refractivity (Wildman–Crippen MR) is 86.8 cm³/mol. The molecule has 0 unspecified atom stereocenters. The zero-order valence-corrected chi connectivity index (χ0v) is 13.6. The quantitative estimate of drug-likeness (QED) is 0.461. The van der Waals surface area contributed by atoms with E-state index in [1.54, 1.807) is 0 Å². The third kappa shape index (κ3) is 4.69. The van der Waals surface area contributed by atoms with Gasteiger partial charge in [-0.15, -0.1) is 0 Å². The molecule has 0 atom stereocenters. The monoisotopic (exact) mass is 298 g/mol. The standard InChI is InChI=1S/C19H24NO2/c1-15(2)17-10-9-16(3)14-18(17)22-19(21)8-7-13-20-11-5-4-6-12-20/h4-6,9-12,14-15H,7-8,13H2,1-3H3/q+1. The van der Waals surface area contributed by atoms with Crippen LogP contribution in [0.4, 0.5) is 0 Å². The topological polar surface area (TPSA) is 30.2 Å². The average Bonchev–Trinajstić information content (AvgIpc) is 2.48. The minimum atomic E-state index is -0.163. The summed E-state index contributed by atoms with van der Waals surface area (Å²) in [6.45, 7) is 7.04. The first kappa shape index (κ1) is 16.2. The number of carbonyl (C=O) groups excluding carboxylic acids is 1. The van der Waals surface area contributed by atoms with Crippen LogP contribution in [-0.2, 0) is 11.3 Å². The lowest BCUT2D eigenvalue weighted by molar-refractivity contribution is -0.697. The summed E-state index contributed by atoms with van der Waals surface area (Å²) in [5.41, 5.74) is 2.18. The molecule has 3 nitrogen and oxygen atoms in total. The van der Waals surface area contributed by atoms with Gasteiger partial charge in [-0.25, -0.2) is 4.57 Å². The highest BCUT2D eigenvalue weighted by Crippen LogP contribution is 2.27. The van der Waals surface area contributed by atoms with E-state index in [0.29, 0.717) is 18.1 Å². The fourth-order valence-corrected chi connectivity index (χ4v) is 2.37. The van der Waals surface area contributed by atoms with Crippen LogP contribution in [0.3, 0.4) is 0 Å². The lowest BCUT2D eigenvalue weighted by Gasteiger charge is -2.13. The molecule has 0 radical (unpaired) electrons. The van der Waals surface area contributed by atoms with Crippen molar-refractivity contribution < 1.29 is 14.1 Å². The summed E-state index contributed by atoms with van der Waals surface area (Å²) in [7, 11) is 0. The van der Waals surface area contributed by atoms with Gasteiger partial charge >= 0.3 is 5.97 Å². The van der Waals surface area contributed by atoms with Gasteiger partial charge in [0, 0.05) is 18.6 Å². The molecule has 0 fully saturated rings. The second-order valence-corrected chi connectivity index (χ2v) is 5.89. The Kier molecular flexibility index (Phi) is 5.70. The van der Waals surface area contributed by atoms with Crippen molar-refractivity contribution in [3.05, 3.63) is 59.9 Å². The van der Waals surface area contributed by atoms with E-state index in [1.807, 2.05) is 49.6 Å². The second-order valence-electron chi connectivity index (χ2n) is 5.89. The van der Waals surface area contributed by atoms with Crippen molar-refractivity contribution in [3.63, 3.8) is 0 Å². The Labute approximate surface area is 132 Å². The number of ether oxygens (including phenoxy) is 1. The fraction of sp³-hybridized carbons (Fsp3) is 0.368. The van der Waals surface area contributed by atoms with Crippen molar-refractivity contribution in [1.29, 1.82) is 0 Å². The number of esters is 1. The van der Waals surface area contributed by atoms with Gasteiger partial charge in [-0.3, -0.25) is 4.79 Å². The van der Waals surface area contributed by atoms with E-state index in [4.69, 9.17) is 4.74 Å². The number of aryl methyl sites for hydroxylation is 2. The van der Waals surface area contributed by atoms with Crippen LogP contribution in [0.5, 0.6) is 5.75 Å². The van der Waals surface area contributed by atoms with Gasteiger partial charge in [-0.05, 0) is 30.0 Å². The Morgan fingerprint density at radius 3 is 2.59 bits per heavy atom. The molecule has 22 heavy (non-hydrogen) atoms. The molecule has 0 saturated heterocycles. The Hall–Kier alpha value is -2.16. The van der Waals surface area contributed by atoms with Crippen LogP contribution >= 0.6 is 0 Å². The van der Waals surface area contributed by atoms with Gasteiger partial charge in [0.15, 0.2) is 12.4 Å². The third-order valence-corrected chi connectivity index (χ3v) is 3.59. The number of hydrogen-bond donors (Lipinski definition) is 0. The molecule has 0 bridgehead atoms. The van der Waals surface area contributed by atoms with Crippen LogP contribution in [0.1, 0.15) is 43.7 Å². The Bertz CT molecular complexity index is 621. The molecular formula is C19H24NO2+. The molecule has 1 aromatic heterocycles. The van der Waals surface area contributed by atoms with Gasteiger partial charge in [-0.2, -0.15) is 0 Å². The predicted octanol–water partition coefficient (Wildman–Crippen LogP) is 3.79. The van der Waals surface area contributed by atoms with Gasteiger partial charge < -0.3 is 4.74 Å². The van der Waals surface area contributed by atoms with Gasteiger partial charge in [0.05, 0.1) is 6.42 Å². The van der Waals surface area contributed by atoms with Crippen molar-refractivity contribution in [1.82, 2.24) is 0 Å². The lowest BCUT2D eigenvalue weighted by atomic mass is 10.0. The number of pyridine rings is 1. The minimum Gasteiger partial charge on any atom is -0.426 e. The zero-order chi connectivity index (χ0) is 15.9. The van der Waals surface area contributed by atoms with E-state index in [2.05, 4.69) is 24.5 Å². The number of aromatic nitrogens is 1. The maximum atomic E-state index is 12.1. The first-order chi connectivity index (χ1) is 10.6. The van der Waals surface area contributed by atoms with Crippen LogP contribution < -0.4 is 9.30 Å². The molecule has 0 spiro atoms. The average molecular weight is 298 g/mol. The van der Waals surface area contributed by atoms with Crippen LogP contribution in [-0.4, -0.2) is 5.97 Å². The molecule has 0 amide bonds. The van der Waals surface area contributed by atoms with E-state index < -0.39 is 0 Å². The lowest BCUT2D eigenvalue weighted by Crippen LogP contribution is -2.32. The summed E-state index contributed by atoms with van der Waals surface area (Å²) in [5.74, 6) is 0.875. The molecule has 0 aliphatic rings. The van der Waals surface area contributed by atoms with Gasteiger partial charge in [-0.1, -0.05) is 32.0 Å². The normalized spacial score (nSPS) is 10.7. The molecule has 1 aromatic carbocycles. The highest BCUT2D eigenvalue weighted by atomic mass is 16.5. The number of benzene rings is 1. The number of nitrogens with zero attached hydrogens (tertiary/aromatic N) is 1. The van der Waals surface area contributed by atoms with Gasteiger partial charge in [0.25, 0.3) is 0 Å². The SMILES string of the molecule is Cc1ccc(C(C)C)c(OC(=O)CCC[n+]2ccccc2)c1. The van der Waals surface area contributed by atoms with Crippen molar-refractivity contribution >= 4 is 5.97 Å². The fourth-order valence-electron chi connectivity index (χ4n) is 2.37. The second kappa shape index (κ2) is 7.74.